The van der Waals surface area contributed by atoms with Gasteiger partial charge in [-0.25, -0.2) is 4.79 Å². The van der Waals surface area contributed by atoms with Crippen molar-refractivity contribution in [3.05, 3.63) is 35.4 Å². The predicted molar refractivity (Wildman–Crippen MR) is 81.2 cm³/mol. The van der Waals surface area contributed by atoms with E-state index in [2.05, 4.69) is 0 Å². The summed E-state index contributed by atoms with van der Waals surface area (Å²) in [5.41, 5.74) is 8.01. The van der Waals surface area contributed by atoms with E-state index in [1.807, 2.05) is 36.2 Å². The first kappa shape index (κ1) is 14.9. The van der Waals surface area contributed by atoms with E-state index in [0.717, 1.165) is 37.1 Å². The molecule has 0 bridgehead atoms. The third kappa shape index (κ3) is 3.73. The van der Waals surface area contributed by atoms with Crippen LogP contribution >= 0.6 is 0 Å². The molecular formula is C16H25N3O. The summed E-state index contributed by atoms with van der Waals surface area (Å²) in [7, 11) is 1.88. The van der Waals surface area contributed by atoms with Gasteiger partial charge in [0.05, 0.1) is 0 Å². The molecule has 2 rings (SSSR count). The molecule has 20 heavy (non-hydrogen) atoms. The molecule has 2 N–H and O–H groups in total. The fourth-order valence-corrected chi connectivity index (χ4v) is 2.74. The standard InChI is InChI=1S/C16H25N3O/c1-18(13-15-9-5-4-8-14(15)12-17)16(20)19-10-6-2-3-7-11-19/h4-5,8-9H,2-3,6-7,10-13,17H2,1H3. The lowest BCUT2D eigenvalue weighted by molar-refractivity contribution is 0.162. The highest BCUT2D eigenvalue weighted by Crippen LogP contribution is 2.14. The second-order valence-electron chi connectivity index (χ2n) is 5.51. The lowest BCUT2D eigenvalue weighted by atomic mass is 10.1. The highest BCUT2D eigenvalue weighted by atomic mass is 16.2. The van der Waals surface area contributed by atoms with E-state index in [9.17, 15) is 4.79 Å². The van der Waals surface area contributed by atoms with Gasteiger partial charge in [0, 0.05) is 33.2 Å². The molecule has 110 valence electrons. The van der Waals surface area contributed by atoms with Gasteiger partial charge in [0.15, 0.2) is 0 Å². The number of nitrogens with zero attached hydrogens (tertiary/aromatic N) is 2. The van der Waals surface area contributed by atoms with Gasteiger partial charge in [-0.2, -0.15) is 0 Å². The van der Waals surface area contributed by atoms with Gasteiger partial charge < -0.3 is 15.5 Å². The summed E-state index contributed by atoms with van der Waals surface area (Å²) in [6.45, 7) is 2.92. The largest absolute Gasteiger partial charge is 0.326 e. The minimum Gasteiger partial charge on any atom is -0.326 e. The zero-order valence-corrected chi connectivity index (χ0v) is 12.3. The summed E-state index contributed by atoms with van der Waals surface area (Å²) in [6, 6.07) is 8.20. The average Bonchev–Trinajstić information content (AvgIpc) is 2.76. The number of carbonyl (C=O) groups excluding carboxylic acids is 1. The first-order valence-corrected chi connectivity index (χ1v) is 7.49. The number of hydrogen-bond acceptors (Lipinski definition) is 2. The molecule has 4 heteroatoms. The smallest absolute Gasteiger partial charge is 0.320 e. The Balaban J connectivity index is 1.99. The SMILES string of the molecule is CN(Cc1ccccc1CN)C(=O)N1CCCCCC1. The zero-order chi connectivity index (χ0) is 14.4. The Morgan fingerprint density at radius 3 is 2.35 bits per heavy atom. The molecule has 0 aromatic heterocycles. The van der Waals surface area contributed by atoms with Gasteiger partial charge in [0.1, 0.15) is 0 Å². The number of nitrogens with two attached hydrogens (primary N) is 1. The van der Waals surface area contributed by atoms with Gasteiger partial charge >= 0.3 is 6.03 Å². The molecule has 0 atom stereocenters. The van der Waals surface area contributed by atoms with E-state index in [0.29, 0.717) is 13.1 Å². The molecule has 1 heterocycles. The Kier molecular flexibility index (Phi) is 5.41. The fourth-order valence-electron chi connectivity index (χ4n) is 2.74. The Hall–Kier alpha value is -1.55. The molecule has 1 saturated heterocycles. The van der Waals surface area contributed by atoms with Gasteiger partial charge in [0.25, 0.3) is 0 Å². The van der Waals surface area contributed by atoms with Crippen LogP contribution in [0.5, 0.6) is 0 Å². The monoisotopic (exact) mass is 275 g/mol. The van der Waals surface area contributed by atoms with Crippen molar-refractivity contribution in [3.8, 4) is 0 Å². The molecule has 1 aliphatic rings. The molecule has 0 radical (unpaired) electrons. The van der Waals surface area contributed by atoms with Crippen molar-refractivity contribution in [2.24, 2.45) is 5.73 Å². The molecule has 0 saturated carbocycles. The van der Waals surface area contributed by atoms with Crippen LogP contribution in [-0.4, -0.2) is 36.0 Å². The molecule has 1 aliphatic heterocycles. The van der Waals surface area contributed by atoms with Crippen LogP contribution in [-0.2, 0) is 13.1 Å². The van der Waals surface area contributed by atoms with Crippen molar-refractivity contribution < 1.29 is 4.79 Å². The van der Waals surface area contributed by atoms with E-state index in [4.69, 9.17) is 5.73 Å². The minimum atomic E-state index is 0.138. The van der Waals surface area contributed by atoms with Crippen molar-refractivity contribution in [2.45, 2.75) is 38.8 Å². The number of likely N-dealkylation sites (tertiary alicyclic amines) is 1. The van der Waals surface area contributed by atoms with E-state index < -0.39 is 0 Å². The first-order chi connectivity index (χ1) is 9.72. The average molecular weight is 275 g/mol. The zero-order valence-electron chi connectivity index (χ0n) is 12.3. The van der Waals surface area contributed by atoms with E-state index in [-0.39, 0.29) is 6.03 Å². The third-order valence-electron chi connectivity index (χ3n) is 3.95. The lowest BCUT2D eigenvalue weighted by Gasteiger charge is -2.27. The fraction of sp³-hybridized carbons (Fsp3) is 0.562. The predicted octanol–water partition coefficient (Wildman–Crippen LogP) is 2.57. The first-order valence-electron chi connectivity index (χ1n) is 7.49. The maximum absolute atomic E-state index is 12.5. The minimum absolute atomic E-state index is 0.138. The summed E-state index contributed by atoms with van der Waals surface area (Å²) in [5.74, 6) is 0. The second kappa shape index (κ2) is 7.29. The normalized spacial score (nSPS) is 15.8. The Labute approximate surface area is 121 Å². The Morgan fingerprint density at radius 2 is 1.75 bits per heavy atom. The van der Waals surface area contributed by atoms with Crippen molar-refractivity contribution >= 4 is 6.03 Å². The lowest BCUT2D eigenvalue weighted by Crippen LogP contribution is -2.41. The van der Waals surface area contributed by atoms with Crippen LogP contribution in [0.15, 0.2) is 24.3 Å². The number of rotatable bonds is 3. The number of hydrogen-bond donors (Lipinski definition) is 1. The van der Waals surface area contributed by atoms with E-state index in [1.165, 1.54) is 12.8 Å². The van der Waals surface area contributed by atoms with Crippen LogP contribution in [0, 0.1) is 0 Å². The highest BCUT2D eigenvalue weighted by Gasteiger charge is 2.19. The number of urea groups is 1. The molecule has 0 unspecified atom stereocenters. The number of amides is 2. The molecular weight excluding hydrogens is 250 g/mol. The van der Waals surface area contributed by atoms with Crippen LogP contribution in [0.1, 0.15) is 36.8 Å². The summed E-state index contributed by atoms with van der Waals surface area (Å²) in [6.07, 6.45) is 4.73. The van der Waals surface area contributed by atoms with Crippen molar-refractivity contribution in [1.29, 1.82) is 0 Å². The van der Waals surface area contributed by atoms with Crippen LogP contribution < -0.4 is 5.73 Å². The Morgan fingerprint density at radius 1 is 1.15 bits per heavy atom. The topological polar surface area (TPSA) is 49.6 Å². The summed E-state index contributed by atoms with van der Waals surface area (Å²) in [4.78, 5) is 16.3. The highest BCUT2D eigenvalue weighted by molar-refractivity contribution is 5.74. The van der Waals surface area contributed by atoms with E-state index in [1.54, 1.807) is 4.90 Å². The summed E-state index contributed by atoms with van der Waals surface area (Å²) >= 11 is 0. The maximum atomic E-state index is 12.5. The van der Waals surface area contributed by atoms with Crippen molar-refractivity contribution in [3.63, 3.8) is 0 Å². The van der Waals surface area contributed by atoms with Gasteiger partial charge in [-0.05, 0) is 24.0 Å². The van der Waals surface area contributed by atoms with Crippen LogP contribution in [0.4, 0.5) is 4.79 Å². The van der Waals surface area contributed by atoms with Gasteiger partial charge in [-0.15, -0.1) is 0 Å². The van der Waals surface area contributed by atoms with Crippen molar-refractivity contribution in [2.75, 3.05) is 20.1 Å². The maximum Gasteiger partial charge on any atom is 0.320 e. The van der Waals surface area contributed by atoms with Crippen LogP contribution in [0.3, 0.4) is 0 Å². The molecule has 1 fully saturated rings. The van der Waals surface area contributed by atoms with Crippen LogP contribution in [0.2, 0.25) is 0 Å². The number of benzene rings is 1. The van der Waals surface area contributed by atoms with Crippen LogP contribution in [0.25, 0.3) is 0 Å². The molecule has 1 aromatic rings. The third-order valence-corrected chi connectivity index (χ3v) is 3.95. The van der Waals surface area contributed by atoms with Gasteiger partial charge in [-0.1, -0.05) is 37.1 Å². The van der Waals surface area contributed by atoms with Gasteiger partial charge in [0.2, 0.25) is 0 Å². The molecule has 4 nitrogen and oxygen atoms in total. The quantitative estimate of drug-likeness (QED) is 0.921. The molecule has 0 spiro atoms. The molecule has 2 amide bonds. The molecule has 1 aromatic carbocycles. The summed E-state index contributed by atoms with van der Waals surface area (Å²) < 4.78 is 0. The van der Waals surface area contributed by atoms with E-state index >= 15 is 0 Å². The Bertz CT molecular complexity index is 439. The number of carbonyl (C=O) groups is 1. The molecule has 0 aliphatic carbocycles. The second-order valence-corrected chi connectivity index (χ2v) is 5.51. The van der Waals surface area contributed by atoms with Gasteiger partial charge in [-0.3, -0.25) is 0 Å². The summed E-state index contributed by atoms with van der Waals surface area (Å²) in [5, 5.41) is 0. The van der Waals surface area contributed by atoms with Crippen molar-refractivity contribution in [1.82, 2.24) is 9.80 Å².